The summed E-state index contributed by atoms with van der Waals surface area (Å²) >= 11 is 0. The third-order valence-corrected chi connectivity index (χ3v) is 9.01. The van der Waals surface area contributed by atoms with E-state index >= 15 is 0 Å². The lowest BCUT2D eigenvalue weighted by Crippen LogP contribution is -2.74. The molecule has 12 nitrogen and oxygen atoms in total. The molecule has 0 saturated carbocycles. The number of hydrogen-bond donors (Lipinski definition) is 5. The number of likely N-dealkylation sites (N-methyl/N-ethyl adjacent to an activating group) is 1. The number of aliphatic carboxylic acids is 1. The molecule has 1 aromatic rings. The van der Waals surface area contributed by atoms with E-state index in [0.717, 1.165) is 11.1 Å². The second-order valence-electron chi connectivity index (χ2n) is 11.4. The summed E-state index contributed by atoms with van der Waals surface area (Å²) in [5, 5.41) is 34.4. The van der Waals surface area contributed by atoms with Crippen LogP contribution in [0.5, 0.6) is 11.5 Å². The molecule has 0 unspecified atom stereocenters. The molecule has 2 aliphatic heterocycles. The van der Waals surface area contributed by atoms with Crippen LogP contribution in [0.4, 0.5) is 0 Å². The Morgan fingerprint density at radius 1 is 1.32 bits per heavy atom. The van der Waals surface area contributed by atoms with Gasteiger partial charge in [-0.05, 0) is 57.5 Å². The molecule has 0 radical (unpaired) electrons. The monoisotopic (exact) mass is 571 g/mol. The quantitative estimate of drug-likeness (QED) is 0.236. The molecule has 1 aromatic carbocycles. The maximum absolute atomic E-state index is 13.0. The van der Waals surface area contributed by atoms with Gasteiger partial charge in [-0.15, -0.1) is 0 Å². The molecular weight excluding hydrogens is 534 g/mol. The average Bonchev–Trinajstić information content (AvgIpc) is 3.28. The van der Waals surface area contributed by atoms with Crippen LogP contribution in [0.2, 0.25) is 0 Å². The van der Waals surface area contributed by atoms with Crippen LogP contribution in [0.25, 0.3) is 0 Å². The number of aliphatic hydroxyl groups is 1. The summed E-state index contributed by atoms with van der Waals surface area (Å²) in [5.41, 5.74) is 5.99. The lowest BCUT2D eigenvalue weighted by atomic mass is 9.50. The molecule has 0 aromatic heterocycles. The number of carboxylic acid groups (broad SMARTS) is 1. The van der Waals surface area contributed by atoms with Gasteiger partial charge in [0.1, 0.15) is 5.76 Å². The van der Waals surface area contributed by atoms with E-state index in [4.69, 9.17) is 25.1 Å². The van der Waals surface area contributed by atoms with E-state index in [0.29, 0.717) is 30.8 Å². The smallest absolute Gasteiger partial charge is 0.352 e. The highest BCUT2D eigenvalue weighted by molar-refractivity contribution is 5.80. The SMILES string of the molecule is C=C(NCCC(=O)O[C@@H](C)C(=O)OC1=CC[C@@]2(O)[C@H]3Cc4ccc(O)c5c4[C@@]2(CCN3C)[C@H]1O5)[C@@H](N)CCC(=O)O. The fourth-order valence-corrected chi connectivity index (χ4v) is 6.85. The second kappa shape index (κ2) is 10.7. The number of benzene rings is 1. The Morgan fingerprint density at radius 2 is 2.07 bits per heavy atom. The summed E-state index contributed by atoms with van der Waals surface area (Å²) < 4.78 is 17.3. The predicted molar refractivity (Wildman–Crippen MR) is 145 cm³/mol. The normalized spacial score (nSPS) is 28.8. The molecular formula is C29H37N3O9. The van der Waals surface area contributed by atoms with Crippen molar-refractivity contribution in [2.45, 2.75) is 80.8 Å². The highest BCUT2D eigenvalue weighted by Gasteiger charge is 2.72. The zero-order valence-corrected chi connectivity index (χ0v) is 23.2. The third-order valence-electron chi connectivity index (χ3n) is 9.01. The van der Waals surface area contributed by atoms with Gasteiger partial charge in [-0.2, -0.15) is 0 Å². The number of likely N-dealkylation sites (tertiary alicyclic amines) is 1. The van der Waals surface area contributed by atoms with Crippen LogP contribution < -0.4 is 15.8 Å². The molecule has 222 valence electrons. The van der Waals surface area contributed by atoms with Crippen LogP contribution in [-0.4, -0.2) is 88.2 Å². The Bertz CT molecular complexity index is 1310. The molecule has 2 heterocycles. The van der Waals surface area contributed by atoms with Crippen LogP contribution in [-0.2, 0) is 35.7 Å². The standard InChI is InChI=1S/C29H37N3O9/c1-15(18(30)5-7-22(34)35)31-12-9-23(36)39-16(2)27(37)40-20-8-10-29(38)21-14-17-4-6-19(33)25-24(17)28(29,26(20)41-25)11-13-32(21)3/h4,6,8,16,18,21,26,31,33,38H,1,5,7,9-14,30H2,2-3H3,(H,34,35)/t16-,18-,21+,26-,28-,29+/m0/s1. The highest BCUT2D eigenvalue weighted by Crippen LogP contribution is 2.65. The first-order chi connectivity index (χ1) is 19.4. The average molecular weight is 572 g/mol. The summed E-state index contributed by atoms with van der Waals surface area (Å²) in [7, 11) is 1.99. The van der Waals surface area contributed by atoms with Crippen LogP contribution in [0.3, 0.4) is 0 Å². The van der Waals surface area contributed by atoms with Crippen LogP contribution in [0, 0.1) is 0 Å². The van der Waals surface area contributed by atoms with Gasteiger partial charge < -0.3 is 45.5 Å². The summed E-state index contributed by atoms with van der Waals surface area (Å²) in [6.45, 7) is 6.01. The van der Waals surface area contributed by atoms with Crippen molar-refractivity contribution in [1.29, 1.82) is 0 Å². The molecule has 2 aliphatic carbocycles. The van der Waals surface area contributed by atoms with E-state index in [1.165, 1.54) is 6.92 Å². The number of nitrogens with one attached hydrogen (secondary N) is 1. The Labute approximate surface area is 237 Å². The molecule has 1 fully saturated rings. The summed E-state index contributed by atoms with van der Waals surface area (Å²) in [4.78, 5) is 38.2. The number of carbonyl (C=O) groups excluding carboxylic acids is 2. The lowest BCUT2D eigenvalue weighted by molar-refractivity contribution is -0.175. The van der Waals surface area contributed by atoms with E-state index in [1.807, 2.05) is 13.1 Å². The number of nitrogens with two attached hydrogens (primary N) is 1. The van der Waals surface area contributed by atoms with E-state index < -0.39 is 47.2 Å². The number of carboxylic acids is 1. The van der Waals surface area contributed by atoms with Gasteiger partial charge in [-0.1, -0.05) is 12.6 Å². The number of hydrogen-bond acceptors (Lipinski definition) is 11. The van der Waals surface area contributed by atoms with Crippen molar-refractivity contribution in [3.8, 4) is 11.5 Å². The van der Waals surface area contributed by atoms with Crippen molar-refractivity contribution in [2.75, 3.05) is 20.1 Å². The van der Waals surface area contributed by atoms with Crippen LogP contribution >= 0.6 is 0 Å². The molecule has 1 saturated heterocycles. The fraction of sp³-hybridized carbons (Fsp3) is 0.552. The molecule has 4 aliphatic rings. The van der Waals surface area contributed by atoms with Crippen molar-refractivity contribution in [3.63, 3.8) is 0 Å². The lowest BCUT2D eigenvalue weighted by Gasteiger charge is -2.61. The maximum Gasteiger partial charge on any atom is 0.352 e. The minimum atomic E-state index is -1.22. The molecule has 0 amide bonds. The third kappa shape index (κ3) is 4.73. The summed E-state index contributed by atoms with van der Waals surface area (Å²) in [6, 6.07) is 2.71. The minimum absolute atomic E-state index is 0.0284. The zero-order chi connectivity index (χ0) is 29.7. The molecule has 12 heteroatoms. The zero-order valence-electron chi connectivity index (χ0n) is 23.2. The Hall–Kier alpha value is -3.61. The van der Waals surface area contributed by atoms with Crippen molar-refractivity contribution in [2.24, 2.45) is 5.73 Å². The number of piperidine rings is 1. The van der Waals surface area contributed by atoms with E-state index in [1.54, 1.807) is 12.1 Å². The fourth-order valence-electron chi connectivity index (χ4n) is 6.85. The number of aromatic hydroxyl groups is 1. The van der Waals surface area contributed by atoms with Gasteiger partial charge in [0.25, 0.3) is 0 Å². The number of esters is 2. The summed E-state index contributed by atoms with van der Waals surface area (Å²) in [6.07, 6.45) is 1.03. The maximum atomic E-state index is 13.0. The minimum Gasteiger partial charge on any atom is -0.504 e. The molecule has 6 N–H and O–H groups in total. The molecule has 41 heavy (non-hydrogen) atoms. The topological polar surface area (TPSA) is 181 Å². The number of nitrogens with zero attached hydrogens (tertiary/aromatic N) is 1. The van der Waals surface area contributed by atoms with Crippen molar-refractivity contribution in [1.82, 2.24) is 10.2 Å². The number of phenolic OH excluding ortho intramolecular Hbond substituents is 1. The molecule has 2 bridgehead atoms. The van der Waals surface area contributed by atoms with E-state index in [9.17, 15) is 24.6 Å². The highest BCUT2D eigenvalue weighted by atomic mass is 16.6. The van der Waals surface area contributed by atoms with Crippen molar-refractivity contribution in [3.05, 3.63) is 47.4 Å². The predicted octanol–water partition coefficient (Wildman–Crippen LogP) is 0.830. The molecule has 6 atom stereocenters. The van der Waals surface area contributed by atoms with Crippen molar-refractivity contribution >= 4 is 17.9 Å². The Balaban J connectivity index is 1.23. The van der Waals surface area contributed by atoms with Crippen molar-refractivity contribution < 1.29 is 43.9 Å². The number of rotatable bonds is 11. The number of carbonyl (C=O) groups is 3. The van der Waals surface area contributed by atoms with Crippen LogP contribution in [0.1, 0.15) is 50.2 Å². The molecule has 1 spiro atoms. The molecule has 5 rings (SSSR count). The van der Waals surface area contributed by atoms with Gasteiger partial charge in [0.15, 0.2) is 23.7 Å². The second-order valence-corrected chi connectivity index (χ2v) is 11.4. The number of ether oxygens (including phenoxy) is 3. The largest absolute Gasteiger partial charge is 0.504 e. The first kappa shape index (κ1) is 28.9. The van der Waals surface area contributed by atoms with Gasteiger partial charge >= 0.3 is 17.9 Å². The van der Waals surface area contributed by atoms with E-state index in [-0.39, 0.29) is 49.8 Å². The first-order valence-corrected chi connectivity index (χ1v) is 13.8. The van der Waals surface area contributed by atoms with Gasteiger partial charge in [-0.3, -0.25) is 9.59 Å². The summed E-state index contributed by atoms with van der Waals surface area (Å²) in [5.74, 6) is -1.89. The van der Waals surface area contributed by atoms with Gasteiger partial charge in [0.05, 0.1) is 17.4 Å². The van der Waals surface area contributed by atoms with Gasteiger partial charge in [-0.25, -0.2) is 4.79 Å². The van der Waals surface area contributed by atoms with E-state index in [2.05, 4.69) is 16.8 Å². The van der Waals surface area contributed by atoms with Crippen LogP contribution in [0.15, 0.2) is 36.2 Å². The Kier molecular flexibility index (Phi) is 7.51. The Morgan fingerprint density at radius 3 is 2.80 bits per heavy atom. The first-order valence-electron chi connectivity index (χ1n) is 13.8. The van der Waals surface area contributed by atoms with Gasteiger partial charge in [0.2, 0.25) is 0 Å². The van der Waals surface area contributed by atoms with Gasteiger partial charge in [0, 0.05) is 42.7 Å². The number of phenols is 1.